The van der Waals surface area contributed by atoms with Gasteiger partial charge in [-0.25, -0.2) is 4.68 Å². The molecule has 2 aromatic carbocycles. The van der Waals surface area contributed by atoms with Crippen molar-refractivity contribution in [2.75, 3.05) is 6.79 Å². The van der Waals surface area contributed by atoms with E-state index in [0.29, 0.717) is 24.5 Å². The lowest BCUT2D eigenvalue weighted by molar-refractivity contribution is 0.0942. The Hall–Kier alpha value is -4.04. The zero-order valence-electron chi connectivity index (χ0n) is 18.5. The van der Waals surface area contributed by atoms with Gasteiger partial charge in [-0.15, -0.1) is 11.3 Å². The SMILES string of the molecule is CCn1c(C(=O)NCc2ccc3c(c2)OCO3)cc2c(-c3cccs3)nn(-c3ccccc3)c21. The van der Waals surface area contributed by atoms with E-state index in [9.17, 15) is 4.79 Å². The number of thiophene rings is 1. The number of hydrogen-bond acceptors (Lipinski definition) is 5. The third kappa shape index (κ3) is 3.43. The molecule has 1 aliphatic rings. The van der Waals surface area contributed by atoms with Crippen molar-refractivity contribution in [1.29, 1.82) is 0 Å². The van der Waals surface area contributed by atoms with E-state index >= 15 is 0 Å². The fourth-order valence-corrected chi connectivity index (χ4v) is 5.04. The number of nitrogens with one attached hydrogen (secondary N) is 1. The molecule has 0 bridgehead atoms. The van der Waals surface area contributed by atoms with Crippen LogP contribution in [0.15, 0.2) is 72.1 Å². The molecule has 0 unspecified atom stereocenters. The Morgan fingerprint density at radius 2 is 1.91 bits per heavy atom. The van der Waals surface area contributed by atoms with Crippen LogP contribution in [-0.4, -0.2) is 27.0 Å². The van der Waals surface area contributed by atoms with Crippen LogP contribution in [0.3, 0.4) is 0 Å². The summed E-state index contributed by atoms with van der Waals surface area (Å²) in [5.41, 5.74) is 4.30. The molecule has 0 radical (unpaired) electrons. The van der Waals surface area contributed by atoms with Crippen molar-refractivity contribution < 1.29 is 14.3 Å². The molecule has 0 atom stereocenters. The van der Waals surface area contributed by atoms with E-state index in [-0.39, 0.29) is 12.7 Å². The first-order valence-corrected chi connectivity index (χ1v) is 12.0. The zero-order valence-corrected chi connectivity index (χ0v) is 19.3. The van der Waals surface area contributed by atoms with E-state index in [4.69, 9.17) is 14.6 Å². The number of hydrogen-bond donors (Lipinski definition) is 1. The minimum atomic E-state index is -0.132. The smallest absolute Gasteiger partial charge is 0.268 e. The second kappa shape index (κ2) is 8.39. The van der Waals surface area contributed by atoms with Gasteiger partial charge in [-0.2, -0.15) is 5.10 Å². The van der Waals surface area contributed by atoms with Gasteiger partial charge >= 0.3 is 0 Å². The van der Waals surface area contributed by atoms with Gasteiger partial charge in [0.15, 0.2) is 11.5 Å². The molecule has 0 spiro atoms. The van der Waals surface area contributed by atoms with Crippen molar-refractivity contribution in [2.45, 2.75) is 20.0 Å². The minimum absolute atomic E-state index is 0.132. The van der Waals surface area contributed by atoms with Crippen molar-refractivity contribution in [3.8, 4) is 27.8 Å². The number of rotatable bonds is 6. The van der Waals surface area contributed by atoms with Gasteiger partial charge in [-0.1, -0.05) is 30.3 Å². The number of para-hydroxylation sites is 1. The molecule has 5 aromatic rings. The molecule has 1 N–H and O–H groups in total. The Balaban J connectivity index is 1.39. The first kappa shape index (κ1) is 20.6. The molecule has 1 aliphatic heterocycles. The lowest BCUT2D eigenvalue weighted by atomic mass is 10.2. The molecule has 1 amide bonds. The quantitative estimate of drug-likeness (QED) is 0.369. The Bertz CT molecular complexity index is 1490. The van der Waals surface area contributed by atoms with Crippen LogP contribution in [0, 0.1) is 0 Å². The summed E-state index contributed by atoms with van der Waals surface area (Å²) in [4.78, 5) is 14.4. The molecule has 0 fully saturated rings. The van der Waals surface area contributed by atoms with Crippen molar-refractivity contribution in [1.82, 2.24) is 19.7 Å². The van der Waals surface area contributed by atoms with Crippen LogP contribution in [0.4, 0.5) is 0 Å². The normalized spacial score (nSPS) is 12.4. The van der Waals surface area contributed by atoms with E-state index in [1.807, 2.05) is 82.2 Å². The molecule has 0 saturated heterocycles. The summed E-state index contributed by atoms with van der Waals surface area (Å²) in [6.45, 7) is 3.30. The molecule has 0 aliphatic carbocycles. The standard InChI is InChI=1S/C26H22N4O3S/c1-2-29-20(25(31)27-15-17-10-11-21-22(13-17)33-16-32-21)14-19-24(23-9-6-12-34-23)28-30(26(19)29)18-7-4-3-5-8-18/h3-14H,2,15-16H2,1H3,(H,27,31). The van der Waals surface area contributed by atoms with E-state index < -0.39 is 0 Å². The number of amides is 1. The van der Waals surface area contributed by atoms with Gasteiger partial charge in [0.2, 0.25) is 6.79 Å². The van der Waals surface area contributed by atoms with Gasteiger partial charge in [0, 0.05) is 18.5 Å². The highest BCUT2D eigenvalue weighted by Gasteiger charge is 2.24. The maximum absolute atomic E-state index is 13.3. The minimum Gasteiger partial charge on any atom is -0.454 e. The Kier molecular flexibility index (Phi) is 5.07. The Labute approximate surface area is 200 Å². The van der Waals surface area contributed by atoms with E-state index in [1.54, 1.807) is 11.3 Å². The summed E-state index contributed by atoms with van der Waals surface area (Å²) in [5.74, 6) is 1.30. The second-order valence-corrected chi connectivity index (χ2v) is 8.90. The maximum Gasteiger partial charge on any atom is 0.268 e. The first-order valence-electron chi connectivity index (χ1n) is 11.1. The number of carbonyl (C=O) groups is 1. The maximum atomic E-state index is 13.3. The van der Waals surface area contributed by atoms with Crippen molar-refractivity contribution in [2.24, 2.45) is 0 Å². The molecule has 3 aromatic heterocycles. The van der Waals surface area contributed by atoms with Gasteiger partial charge in [-0.3, -0.25) is 4.79 Å². The Morgan fingerprint density at radius 3 is 2.71 bits per heavy atom. The molecular formula is C26H22N4O3S. The zero-order chi connectivity index (χ0) is 23.1. The van der Waals surface area contributed by atoms with Crippen molar-refractivity contribution >= 4 is 28.3 Å². The van der Waals surface area contributed by atoms with Crippen molar-refractivity contribution in [3.63, 3.8) is 0 Å². The fraction of sp³-hybridized carbons (Fsp3) is 0.154. The van der Waals surface area contributed by atoms with E-state index in [2.05, 4.69) is 11.4 Å². The first-order chi connectivity index (χ1) is 16.7. The third-order valence-corrected chi connectivity index (χ3v) is 6.79. The highest BCUT2D eigenvalue weighted by molar-refractivity contribution is 7.13. The van der Waals surface area contributed by atoms with Crippen LogP contribution in [0.1, 0.15) is 23.0 Å². The number of aryl methyl sites for hydroxylation is 1. The third-order valence-electron chi connectivity index (χ3n) is 5.92. The summed E-state index contributed by atoms with van der Waals surface area (Å²) >= 11 is 1.64. The predicted molar refractivity (Wildman–Crippen MR) is 132 cm³/mol. The lowest BCUT2D eigenvalue weighted by Gasteiger charge is -2.11. The lowest BCUT2D eigenvalue weighted by Crippen LogP contribution is -2.25. The van der Waals surface area contributed by atoms with Gasteiger partial charge < -0.3 is 19.4 Å². The van der Waals surface area contributed by atoms with Crippen LogP contribution in [0.2, 0.25) is 0 Å². The fourth-order valence-electron chi connectivity index (χ4n) is 4.32. The van der Waals surface area contributed by atoms with E-state index in [1.165, 1.54) is 0 Å². The molecule has 7 nitrogen and oxygen atoms in total. The molecule has 34 heavy (non-hydrogen) atoms. The average Bonchev–Trinajstić information content (AvgIpc) is 3.66. The number of benzene rings is 2. The monoisotopic (exact) mass is 470 g/mol. The number of carbonyl (C=O) groups excluding carboxylic acids is 1. The molecule has 170 valence electrons. The van der Waals surface area contributed by atoms with Gasteiger partial charge in [0.1, 0.15) is 17.0 Å². The summed E-state index contributed by atoms with van der Waals surface area (Å²) in [6, 6.07) is 21.8. The van der Waals surface area contributed by atoms with Crippen molar-refractivity contribution in [3.05, 3.63) is 83.4 Å². The highest BCUT2D eigenvalue weighted by atomic mass is 32.1. The van der Waals surface area contributed by atoms with Crippen LogP contribution < -0.4 is 14.8 Å². The number of fused-ring (bicyclic) bond motifs is 2. The summed E-state index contributed by atoms with van der Waals surface area (Å²) in [7, 11) is 0. The topological polar surface area (TPSA) is 70.3 Å². The molecule has 8 heteroatoms. The molecule has 0 saturated carbocycles. The molecule has 6 rings (SSSR count). The number of aromatic nitrogens is 3. The molecular weight excluding hydrogens is 448 g/mol. The van der Waals surface area contributed by atoms with E-state index in [0.717, 1.165) is 38.6 Å². The Morgan fingerprint density at radius 1 is 1.06 bits per heavy atom. The summed E-state index contributed by atoms with van der Waals surface area (Å²) in [5, 5.41) is 11.0. The van der Waals surface area contributed by atoms with Gasteiger partial charge in [-0.05, 0) is 54.3 Å². The van der Waals surface area contributed by atoms with Crippen LogP contribution in [0.5, 0.6) is 11.5 Å². The summed E-state index contributed by atoms with van der Waals surface area (Å²) < 4.78 is 14.8. The predicted octanol–water partition coefficient (Wildman–Crippen LogP) is 5.23. The van der Waals surface area contributed by atoms with Crippen LogP contribution in [-0.2, 0) is 13.1 Å². The summed E-state index contributed by atoms with van der Waals surface area (Å²) in [6.07, 6.45) is 0. The number of nitrogens with zero attached hydrogens (tertiary/aromatic N) is 3. The second-order valence-electron chi connectivity index (χ2n) is 7.95. The number of ether oxygens (including phenoxy) is 2. The largest absolute Gasteiger partial charge is 0.454 e. The average molecular weight is 471 g/mol. The molecule has 4 heterocycles. The highest BCUT2D eigenvalue weighted by Crippen LogP contribution is 2.35. The van der Waals surface area contributed by atoms with Crippen LogP contribution in [0.25, 0.3) is 27.3 Å². The van der Waals surface area contributed by atoms with Gasteiger partial charge in [0.05, 0.1) is 10.6 Å². The van der Waals surface area contributed by atoms with Gasteiger partial charge in [0.25, 0.3) is 5.91 Å². The van der Waals surface area contributed by atoms with Crippen LogP contribution >= 0.6 is 11.3 Å².